The van der Waals surface area contributed by atoms with E-state index in [9.17, 15) is 0 Å². The van der Waals surface area contributed by atoms with E-state index in [1.807, 2.05) is 11.3 Å². The highest BCUT2D eigenvalue weighted by Crippen LogP contribution is 2.32. The van der Waals surface area contributed by atoms with Gasteiger partial charge in [-0.1, -0.05) is 39.0 Å². The molecule has 1 atom stereocenters. The summed E-state index contributed by atoms with van der Waals surface area (Å²) < 4.78 is 1.40. The first-order chi connectivity index (χ1) is 8.20. The predicted octanol–water partition coefficient (Wildman–Crippen LogP) is 4.60. The number of hydrogen-bond donors (Lipinski definition) is 1. The van der Waals surface area contributed by atoms with Gasteiger partial charge in [0.2, 0.25) is 0 Å². The van der Waals surface area contributed by atoms with Crippen LogP contribution in [0.5, 0.6) is 0 Å². The minimum atomic E-state index is 0.511. The summed E-state index contributed by atoms with van der Waals surface area (Å²) in [5, 5.41) is 4.98. The van der Waals surface area contributed by atoms with Gasteiger partial charge in [0.05, 0.1) is 0 Å². The van der Waals surface area contributed by atoms with Crippen molar-refractivity contribution >= 4 is 21.4 Å². The molecule has 0 saturated heterocycles. The van der Waals surface area contributed by atoms with Gasteiger partial charge in [0.1, 0.15) is 0 Å². The highest BCUT2D eigenvalue weighted by atomic mass is 32.1. The van der Waals surface area contributed by atoms with Gasteiger partial charge in [-0.05, 0) is 36.4 Å². The number of nitrogens with one attached hydrogen (secondary N) is 1. The second-order valence-corrected chi connectivity index (χ2v) is 6.04. The van der Waals surface area contributed by atoms with E-state index in [2.05, 4.69) is 56.4 Å². The molecule has 0 radical (unpaired) electrons. The molecule has 2 aromatic rings. The molecule has 0 bridgehead atoms. The van der Waals surface area contributed by atoms with Gasteiger partial charge in [0.15, 0.2) is 0 Å². The fraction of sp³-hybridized carbons (Fsp3) is 0.467. The van der Waals surface area contributed by atoms with Crippen LogP contribution in [0.25, 0.3) is 10.1 Å². The minimum absolute atomic E-state index is 0.511. The van der Waals surface area contributed by atoms with Gasteiger partial charge in [0.25, 0.3) is 0 Å². The Bertz CT molecular complexity index is 439. The van der Waals surface area contributed by atoms with Crippen LogP contribution in [0, 0.1) is 5.92 Å². The topological polar surface area (TPSA) is 12.0 Å². The van der Waals surface area contributed by atoms with Crippen LogP contribution in [0.15, 0.2) is 30.3 Å². The smallest absolute Gasteiger partial charge is 0.0417 e. The van der Waals surface area contributed by atoms with Crippen LogP contribution in [-0.4, -0.2) is 6.54 Å². The fourth-order valence-electron chi connectivity index (χ4n) is 2.19. The largest absolute Gasteiger partial charge is 0.310 e. The monoisotopic (exact) mass is 247 g/mol. The van der Waals surface area contributed by atoms with Crippen LogP contribution < -0.4 is 5.32 Å². The summed E-state index contributed by atoms with van der Waals surface area (Å²) >= 11 is 1.92. The van der Waals surface area contributed by atoms with Crippen LogP contribution in [0.2, 0.25) is 0 Å². The summed E-state index contributed by atoms with van der Waals surface area (Å²) in [7, 11) is 0. The number of fused-ring (bicyclic) bond motifs is 1. The quantitative estimate of drug-likeness (QED) is 0.814. The Morgan fingerprint density at radius 2 is 2.00 bits per heavy atom. The van der Waals surface area contributed by atoms with Crippen molar-refractivity contribution in [2.24, 2.45) is 5.92 Å². The molecule has 17 heavy (non-hydrogen) atoms. The van der Waals surface area contributed by atoms with Crippen molar-refractivity contribution in [2.45, 2.75) is 33.2 Å². The summed E-state index contributed by atoms with van der Waals surface area (Å²) in [6.07, 6.45) is 1.21. The van der Waals surface area contributed by atoms with E-state index in [1.165, 1.54) is 21.4 Å². The van der Waals surface area contributed by atoms with E-state index in [0.29, 0.717) is 6.04 Å². The lowest BCUT2D eigenvalue weighted by molar-refractivity contribution is 0.444. The third-order valence-corrected chi connectivity index (χ3v) is 4.18. The average Bonchev–Trinajstić information content (AvgIpc) is 2.71. The molecule has 0 amide bonds. The van der Waals surface area contributed by atoms with Crippen molar-refractivity contribution in [3.05, 3.63) is 35.2 Å². The summed E-state index contributed by atoms with van der Waals surface area (Å²) in [4.78, 5) is 1.47. The third kappa shape index (κ3) is 3.08. The summed E-state index contributed by atoms with van der Waals surface area (Å²) in [6.45, 7) is 7.79. The lowest BCUT2D eigenvalue weighted by Crippen LogP contribution is -2.21. The van der Waals surface area contributed by atoms with Gasteiger partial charge in [-0.15, -0.1) is 11.3 Å². The van der Waals surface area contributed by atoms with Crippen LogP contribution in [-0.2, 0) is 0 Å². The van der Waals surface area contributed by atoms with Crippen molar-refractivity contribution < 1.29 is 0 Å². The first-order valence-electron chi connectivity index (χ1n) is 6.42. The van der Waals surface area contributed by atoms with Crippen LogP contribution in [0.4, 0.5) is 0 Å². The number of benzene rings is 1. The highest BCUT2D eigenvalue weighted by molar-refractivity contribution is 7.19. The predicted molar refractivity (Wildman–Crippen MR) is 77.7 cm³/mol. The zero-order valence-corrected chi connectivity index (χ0v) is 11.7. The van der Waals surface area contributed by atoms with Gasteiger partial charge in [0, 0.05) is 15.6 Å². The lowest BCUT2D eigenvalue weighted by Gasteiger charge is -2.18. The van der Waals surface area contributed by atoms with Crippen molar-refractivity contribution in [3.63, 3.8) is 0 Å². The zero-order chi connectivity index (χ0) is 12.3. The van der Waals surface area contributed by atoms with Crippen molar-refractivity contribution in [2.75, 3.05) is 6.54 Å². The Balaban J connectivity index is 2.27. The van der Waals surface area contributed by atoms with Crippen molar-refractivity contribution in [1.82, 2.24) is 5.32 Å². The maximum absolute atomic E-state index is 3.60. The average molecular weight is 247 g/mol. The molecule has 2 rings (SSSR count). The molecule has 0 aliphatic carbocycles. The van der Waals surface area contributed by atoms with E-state index in [-0.39, 0.29) is 0 Å². The molecule has 1 unspecified atom stereocenters. The maximum Gasteiger partial charge on any atom is 0.0417 e. The third-order valence-electron chi connectivity index (χ3n) is 2.95. The molecule has 1 nitrogen and oxygen atoms in total. The molecule has 0 fully saturated rings. The molecule has 2 heteroatoms. The van der Waals surface area contributed by atoms with E-state index in [0.717, 1.165) is 12.5 Å². The van der Waals surface area contributed by atoms with Crippen LogP contribution in [0.3, 0.4) is 0 Å². The standard InChI is InChI=1S/C15H21NS/c1-4-16-13(9-11(2)3)15-10-12-7-5-6-8-14(12)17-15/h5-8,10-11,13,16H,4,9H2,1-3H3. The molecular weight excluding hydrogens is 226 g/mol. The maximum atomic E-state index is 3.60. The Morgan fingerprint density at radius 3 is 2.65 bits per heavy atom. The van der Waals surface area contributed by atoms with Gasteiger partial charge in [-0.2, -0.15) is 0 Å². The normalized spacial score (nSPS) is 13.4. The Kier molecular flexibility index (Phi) is 4.19. The SMILES string of the molecule is CCNC(CC(C)C)c1cc2ccccc2s1. The molecule has 1 heterocycles. The van der Waals surface area contributed by atoms with Gasteiger partial charge in [-0.25, -0.2) is 0 Å². The lowest BCUT2D eigenvalue weighted by atomic mass is 10.0. The number of hydrogen-bond acceptors (Lipinski definition) is 2. The molecule has 0 spiro atoms. The van der Waals surface area contributed by atoms with Crippen molar-refractivity contribution in [3.8, 4) is 0 Å². The van der Waals surface area contributed by atoms with E-state index in [4.69, 9.17) is 0 Å². The molecule has 1 aromatic heterocycles. The zero-order valence-electron chi connectivity index (χ0n) is 10.9. The van der Waals surface area contributed by atoms with E-state index < -0.39 is 0 Å². The van der Waals surface area contributed by atoms with Crippen molar-refractivity contribution in [1.29, 1.82) is 0 Å². The molecule has 0 aliphatic heterocycles. The fourth-order valence-corrected chi connectivity index (χ4v) is 3.35. The van der Waals surface area contributed by atoms with Gasteiger partial charge >= 0.3 is 0 Å². The van der Waals surface area contributed by atoms with E-state index in [1.54, 1.807) is 0 Å². The molecule has 0 aliphatic rings. The summed E-state index contributed by atoms with van der Waals surface area (Å²) in [5.41, 5.74) is 0. The molecule has 1 N–H and O–H groups in total. The first kappa shape index (κ1) is 12.6. The number of rotatable bonds is 5. The highest BCUT2D eigenvalue weighted by Gasteiger charge is 2.14. The summed E-state index contributed by atoms with van der Waals surface area (Å²) in [5.74, 6) is 0.726. The second-order valence-electron chi connectivity index (χ2n) is 4.93. The van der Waals surface area contributed by atoms with Gasteiger partial charge < -0.3 is 5.32 Å². The molecule has 1 aromatic carbocycles. The molecular formula is C15H21NS. The van der Waals surface area contributed by atoms with Gasteiger partial charge in [-0.3, -0.25) is 0 Å². The Labute approximate surface area is 108 Å². The van der Waals surface area contributed by atoms with E-state index >= 15 is 0 Å². The second kappa shape index (κ2) is 5.65. The summed E-state index contributed by atoms with van der Waals surface area (Å²) in [6, 6.07) is 11.5. The van der Waals surface area contributed by atoms with Crippen LogP contribution in [0.1, 0.15) is 38.1 Å². The minimum Gasteiger partial charge on any atom is -0.310 e. The first-order valence-corrected chi connectivity index (χ1v) is 7.24. The number of thiophene rings is 1. The molecule has 0 saturated carbocycles. The Morgan fingerprint density at radius 1 is 1.24 bits per heavy atom. The molecule has 92 valence electrons. The van der Waals surface area contributed by atoms with Crippen LogP contribution >= 0.6 is 11.3 Å². The Hall–Kier alpha value is -0.860.